The highest BCUT2D eigenvalue weighted by Crippen LogP contribution is 2.31. The highest BCUT2D eigenvalue weighted by Gasteiger charge is 2.35. The molecule has 0 radical (unpaired) electrons. The number of ether oxygens (including phenoxy) is 1. The first-order valence-electron chi connectivity index (χ1n) is 12.8. The third-order valence-electron chi connectivity index (χ3n) is 6.93. The van der Waals surface area contributed by atoms with Gasteiger partial charge in [-0.25, -0.2) is 9.07 Å². The SMILES string of the molecule is COc1cccc(C(C(=O)NC2CCCCC2)N(C(=O)Cn2nnc3ccccc32)c2cccc(F)c2)c1. The van der Waals surface area contributed by atoms with Crippen molar-refractivity contribution < 1.29 is 18.7 Å². The number of carbonyl (C=O) groups excluding carboxylic acids is 2. The molecule has 2 amide bonds. The fraction of sp³-hybridized carbons (Fsp3) is 0.310. The van der Waals surface area contributed by atoms with Gasteiger partial charge < -0.3 is 10.1 Å². The molecule has 0 bridgehead atoms. The van der Waals surface area contributed by atoms with Crippen LogP contribution >= 0.6 is 0 Å². The molecule has 1 unspecified atom stereocenters. The quantitative estimate of drug-likeness (QED) is 0.364. The Bertz CT molecular complexity index is 1430. The van der Waals surface area contributed by atoms with E-state index in [0.717, 1.165) is 32.1 Å². The molecule has 1 fully saturated rings. The third-order valence-corrected chi connectivity index (χ3v) is 6.93. The Morgan fingerprint density at radius 2 is 1.84 bits per heavy atom. The Hall–Kier alpha value is -4.27. The molecule has 1 saturated carbocycles. The zero-order valence-corrected chi connectivity index (χ0v) is 21.2. The molecule has 4 aromatic rings. The number of amides is 2. The van der Waals surface area contributed by atoms with Crippen molar-refractivity contribution in [3.8, 4) is 5.75 Å². The number of nitrogens with one attached hydrogen (secondary N) is 1. The number of para-hydroxylation sites is 1. The molecule has 8 nitrogen and oxygen atoms in total. The summed E-state index contributed by atoms with van der Waals surface area (Å²) in [5.74, 6) is -0.723. The Balaban J connectivity index is 1.57. The van der Waals surface area contributed by atoms with Crippen molar-refractivity contribution in [2.24, 2.45) is 0 Å². The summed E-state index contributed by atoms with van der Waals surface area (Å²) < 4.78 is 21.4. The van der Waals surface area contributed by atoms with Crippen LogP contribution in [0.25, 0.3) is 11.0 Å². The molecule has 1 heterocycles. The molecule has 1 atom stereocenters. The van der Waals surface area contributed by atoms with Gasteiger partial charge >= 0.3 is 0 Å². The molecule has 1 aliphatic rings. The van der Waals surface area contributed by atoms with E-state index in [4.69, 9.17) is 4.74 Å². The Morgan fingerprint density at radius 1 is 1.05 bits per heavy atom. The molecule has 196 valence electrons. The largest absolute Gasteiger partial charge is 0.497 e. The molecular weight excluding hydrogens is 485 g/mol. The van der Waals surface area contributed by atoms with Gasteiger partial charge in [-0.3, -0.25) is 14.5 Å². The first kappa shape index (κ1) is 25.4. The standard InChI is InChI=1S/C29H30FN5O3/c1-38-24-14-7-9-20(17-24)28(29(37)31-22-11-3-2-4-12-22)35(23-13-8-10-21(30)18-23)27(36)19-34-26-16-6-5-15-25(26)32-33-34/h5-10,13-18,22,28H,2-4,11-12,19H2,1H3,(H,31,37). The molecule has 9 heteroatoms. The topological polar surface area (TPSA) is 89.4 Å². The van der Waals surface area contributed by atoms with E-state index in [1.54, 1.807) is 37.4 Å². The summed E-state index contributed by atoms with van der Waals surface area (Å²) in [4.78, 5) is 29.3. The van der Waals surface area contributed by atoms with Gasteiger partial charge in [0.1, 0.15) is 29.7 Å². The molecule has 38 heavy (non-hydrogen) atoms. The van der Waals surface area contributed by atoms with Gasteiger partial charge in [0.2, 0.25) is 11.8 Å². The van der Waals surface area contributed by atoms with Crippen LogP contribution in [0.1, 0.15) is 43.7 Å². The van der Waals surface area contributed by atoms with Crippen molar-refractivity contribution in [2.45, 2.75) is 50.7 Å². The van der Waals surface area contributed by atoms with E-state index in [2.05, 4.69) is 15.6 Å². The first-order chi connectivity index (χ1) is 18.5. The number of benzene rings is 3. The number of methoxy groups -OCH3 is 1. The normalized spacial score (nSPS) is 14.7. The van der Waals surface area contributed by atoms with Crippen LogP contribution in [0.2, 0.25) is 0 Å². The summed E-state index contributed by atoms with van der Waals surface area (Å²) >= 11 is 0. The van der Waals surface area contributed by atoms with E-state index >= 15 is 0 Å². The summed E-state index contributed by atoms with van der Waals surface area (Å²) in [6.07, 6.45) is 5.00. The highest BCUT2D eigenvalue weighted by molar-refractivity contribution is 6.01. The van der Waals surface area contributed by atoms with E-state index in [1.165, 1.54) is 27.8 Å². The lowest BCUT2D eigenvalue weighted by molar-refractivity contribution is -0.127. The number of fused-ring (bicyclic) bond motifs is 1. The summed E-state index contributed by atoms with van der Waals surface area (Å²) in [7, 11) is 1.54. The van der Waals surface area contributed by atoms with Crippen molar-refractivity contribution in [1.29, 1.82) is 0 Å². The van der Waals surface area contributed by atoms with Gasteiger partial charge in [0, 0.05) is 11.7 Å². The summed E-state index contributed by atoms with van der Waals surface area (Å²) in [6, 6.07) is 19.1. The Labute approximate surface area is 220 Å². The third kappa shape index (κ3) is 5.51. The van der Waals surface area contributed by atoms with E-state index < -0.39 is 17.8 Å². The molecular formula is C29H30FN5O3. The Kier molecular flexibility index (Phi) is 7.62. The molecule has 1 N–H and O–H groups in total. The molecule has 0 saturated heterocycles. The van der Waals surface area contributed by atoms with Crippen LogP contribution in [0, 0.1) is 5.82 Å². The number of hydrogen-bond acceptors (Lipinski definition) is 5. The minimum absolute atomic E-state index is 0.0214. The number of rotatable bonds is 8. The maximum absolute atomic E-state index is 14.4. The second kappa shape index (κ2) is 11.4. The van der Waals surface area contributed by atoms with E-state index in [9.17, 15) is 14.0 Å². The van der Waals surface area contributed by atoms with Crippen molar-refractivity contribution in [2.75, 3.05) is 12.0 Å². The number of carbonyl (C=O) groups is 2. The van der Waals surface area contributed by atoms with E-state index in [1.807, 2.05) is 24.3 Å². The second-order valence-corrected chi connectivity index (χ2v) is 9.50. The predicted molar refractivity (Wildman–Crippen MR) is 142 cm³/mol. The maximum atomic E-state index is 14.4. The van der Waals surface area contributed by atoms with Crippen molar-refractivity contribution >= 4 is 28.5 Å². The van der Waals surface area contributed by atoms with Crippen LogP contribution in [-0.4, -0.2) is 40.0 Å². The number of nitrogens with zero attached hydrogens (tertiary/aromatic N) is 4. The molecule has 3 aromatic carbocycles. The zero-order chi connectivity index (χ0) is 26.5. The average Bonchev–Trinajstić information content (AvgIpc) is 3.34. The molecule has 1 aliphatic carbocycles. The van der Waals surface area contributed by atoms with Crippen LogP contribution in [0.15, 0.2) is 72.8 Å². The summed E-state index contributed by atoms with van der Waals surface area (Å²) in [6.45, 7) is -0.186. The van der Waals surface area contributed by atoms with E-state index in [0.29, 0.717) is 22.3 Å². The van der Waals surface area contributed by atoms with Gasteiger partial charge in [0.05, 0.1) is 12.6 Å². The summed E-state index contributed by atoms with van der Waals surface area (Å²) in [5.41, 5.74) is 2.16. The fourth-order valence-corrected chi connectivity index (χ4v) is 5.06. The fourth-order valence-electron chi connectivity index (χ4n) is 5.06. The average molecular weight is 516 g/mol. The van der Waals surface area contributed by atoms with Crippen molar-refractivity contribution in [1.82, 2.24) is 20.3 Å². The zero-order valence-electron chi connectivity index (χ0n) is 21.2. The second-order valence-electron chi connectivity index (χ2n) is 9.50. The smallest absolute Gasteiger partial charge is 0.249 e. The van der Waals surface area contributed by atoms with Gasteiger partial charge in [0.25, 0.3) is 0 Å². The number of halogens is 1. The van der Waals surface area contributed by atoms with Crippen LogP contribution in [0.3, 0.4) is 0 Å². The van der Waals surface area contributed by atoms with Gasteiger partial charge in [-0.05, 0) is 60.9 Å². The molecule has 0 spiro atoms. The van der Waals surface area contributed by atoms with Crippen LogP contribution in [-0.2, 0) is 16.1 Å². The maximum Gasteiger partial charge on any atom is 0.249 e. The van der Waals surface area contributed by atoms with Gasteiger partial charge in [-0.15, -0.1) is 5.10 Å². The minimum Gasteiger partial charge on any atom is -0.497 e. The van der Waals surface area contributed by atoms with Gasteiger partial charge in [0.15, 0.2) is 0 Å². The van der Waals surface area contributed by atoms with Crippen LogP contribution in [0.4, 0.5) is 10.1 Å². The minimum atomic E-state index is -1.06. The number of anilines is 1. The molecule has 1 aromatic heterocycles. The predicted octanol–water partition coefficient (Wildman–Crippen LogP) is 4.80. The van der Waals surface area contributed by atoms with E-state index in [-0.39, 0.29) is 24.2 Å². The Morgan fingerprint density at radius 3 is 2.63 bits per heavy atom. The highest BCUT2D eigenvalue weighted by atomic mass is 19.1. The van der Waals surface area contributed by atoms with Crippen molar-refractivity contribution in [3.05, 3.63) is 84.2 Å². The van der Waals surface area contributed by atoms with Crippen molar-refractivity contribution in [3.63, 3.8) is 0 Å². The lowest BCUT2D eigenvalue weighted by Gasteiger charge is -2.33. The van der Waals surface area contributed by atoms with Gasteiger partial charge in [-0.1, -0.05) is 54.8 Å². The summed E-state index contributed by atoms with van der Waals surface area (Å²) in [5, 5.41) is 11.5. The number of hydrogen-bond donors (Lipinski definition) is 1. The lowest BCUT2D eigenvalue weighted by atomic mass is 9.94. The molecule has 0 aliphatic heterocycles. The van der Waals surface area contributed by atoms with Crippen LogP contribution in [0.5, 0.6) is 5.75 Å². The molecule has 5 rings (SSSR count). The first-order valence-corrected chi connectivity index (χ1v) is 12.8. The number of aromatic nitrogens is 3. The monoisotopic (exact) mass is 515 g/mol. The van der Waals surface area contributed by atoms with Gasteiger partial charge in [-0.2, -0.15) is 0 Å². The van der Waals surface area contributed by atoms with Crippen LogP contribution < -0.4 is 15.0 Å². The lowest BCUT2D eigenvalue weighted by Crippen LogP contribution is -2.48.